The van der Waals surface area contributed by atoms with E-state index in [0.29, 0.717) is 29.4 Å². The summed E-state index contributed by atoms with van der Waals surface area (Å²) in [5.74, 6) is 1.20. The third-order valence-electron chi connectivity index (χ3n) is 5.68. The lowest BCUT2D eigenvalue weighted by molar-refractivity contribution is -0.119. The molecule has 170 valence electrons. The zero-order valence-corrected chi connectivity index (χ0v) is 18.9. The van der Waals surface area contributed by atoms with Crippen LogP contribution in [0.2, 0.25) is 0 Å². The normalized spacial score (nSPS) is 15.7. The molecule has 1 atom stereocenters. The van der Waals surface area contributed by atoms with Gasteiger partial charge in [0.1, 0.15) is 6.04 Å². The molecule has 3 aromatic rings. The van der Waals surface area contributed by atoms with Crippen LogP contribution in [-0.2, 0) is 17.8 Å². The van der Waals surface area contributed by atoms with E-state index < -0.39 is 6.04 Å². The molecule has 0 unspecified atom stereocenters. The van der Waals surface area contributed by atoms with Crippen LogP contribution in [0.3, 0.4) is 0 Å². The van der Waals surface area contributed by atoms with E-state index in [-0.39, 0.29) is 18.5 Å². The quantitative estimate of drug-likeness (QED) is 0.483. The van der Waals surface area contributed by atoms with Crippen molar-refractivity contribution in [3.8, 4) is 17.2 Å². The zero-order chi connectivity index (χ0) is 23.4. The molecule has 0 radical (unpaired) electrons. The van der Waals surface area contributed by atoms with Gasteiger partial charge in [0.05, 0.1) is 27.0 Å². The Balaban J connectivity index is 1.72. The summed E-state index contributed by atoms with van der Waals surface area (Å²) >= 11 is 0. The van der Waals surface area contributed by atoms with E-state index in [2.05, 4.69) is 0 Å². The fraction of sp³-hybridized carbons (Fsp3) is 0.231. The van der Waals surface area contributed by atoms with Crippen molar-refractivity contribution in [2.75, 3.05) is 26.2 Å². The number of imide groups is 1. The molecule has 0 bridgehead atoms. The van der Waals surface area contributed by atoms with Crippen molar-refractivity contribution in [1.82, 2.24) is 4.90 Å². The maximum Gasteiger partial charge on any atom is 0.332 e. The van der Waals surface area contributed by atoms with Crippen LogP contribution in [0.5, 0.6) is 17.2 Å². The fourth-order valence-corrected chi connectivity index (χ4v) is 4.09. The Hall–Kier alpha value is -4.00. The molecule has 0 spiro atoms. The molecule has 3 amide bonds. The highest BCUT2D eigenvalue weighted by atomic mass is 16.5. The largest absolute Gasteiger partial charge is 0.493 e. The number of carbonyl (C=O) groups excluding carboxylic acids is 2. The van der Waals surface area contributed by atoms with Gasteiger partial charge in [-0.05, 0) is 35.4 Å². The summed E-state index contributed by atoms with van der Waals surface area (Å²) in [5, 5.41) is 0. The minimum absolute atomic E-state index is 0.210. The Morgan fingerprint density at radius 1 is 0.758 bits per heavy atom. The van der Waals surface area contributed by atoms with Gasteiger partial charge < -0.3 is 19.1 Å². The Bertz CT molecular complexity index is 1110. The summed E-state index contributed by atoms with van der Waals surface area (Å²) in [6, 6.07) is 21.3. The van der Waals surface area contributed by atoms with E-state index in [1.54, 1.807) is 43.4 Å². The molecule has 7 heteroatoms. The van der Waals surface area contributed by atoms with Gasteiger partial charge in [-0.15, -0.1) is 0 Å². The second kappa shape index (κ2) is 9.65. The van der Waals surface area contributed by atoms with Gasteiger partial charge in [-0.2, -0.15) is 0 Å². The molecular formula is C26H26N2O5. The van der Waals surface area contributed by atoms with E-state index in [9.17, 15) is 9.59 Å². The second-order valence-corrected chi connectivity index (χ2v) is 7.66. The number of amides is 3. The molecule has 3 aromatic carbocycles. The standard InChI is InChI=1S/C26H26N2O5/c1-31-22-15-19(16-23(32-2)24(22)33-3)17-27-21(14-18-10-6-4-7-11-18)25(29)28(26(27)30)20-12-8-5-9-13-20/h4-13,15-16,21H,14,17H2,1-3H3/t21-/m0/s1. The molecule has 1 aliphatic heterocycles. The molecular weight excluding hydrogens is 420 g/mol. The highest BCUT2D eigenvalue weighted by Crippen LogP contribution is 2.39. The SMILES string of the molecule is COc1cc(CN2C(=O)N(c3ccccc3)C(=O)[C@@H]2Cc2ccccc2)cc(OC)c1OC. The van der Waals surface area contributed by atoms with Crippen LogP contribution in [-0.4, -0.2) is 44.2 Å². The van der Waals surface area contributed by atoms with Crippen LogP contribution in [0.15, 0.2) is 72.8 Å². The first-order valence-electron chi connectivity index (χ1n) is 10.6. The summed E-state index contributed by atoms with van der Waals surface area (Å²) < 4.78 is 16.3. The predicted octanol–water partition coefficient (Wildman–Crippen LogP) is 4.29. The highest BCUT2D eigenvalue weighted by Gasteiger charge is 2.45. The first kappa shape index (κ1) is 22.2. The smallest absolute Gasteiger partial charge is 0.332 e. The number of hydrogen-bond acceptors (Lipinski definition) is 5. The van der Waals surface area contributed by atoms with E-state index in [1.165, 1.54) is 12.0 Å². The Kier molecular flexibility index (Phi) is 6.49. The number of anilines is 1. The number of benzene rings is 3. The lowest BCUT2D eigenvalue weighted by atomic mass is 10.0. The molecule has 0 aliphatic carbocycles. The van der Waals surface area contributed by atoms with Crippen LogP contribution in [0.4, 0.5) is 10.5 Å². The summed E-state index contributed by atoms with van der Waals surface area (Å²) in [7, 11) is 4.62. The molecule has 4 rings (SSSR count). The third-order valence-corrected chi connectivity index (χ3v) is 5.68. The molecule has 1 aliphatic rings. The van der Waals surface area contributed by atoms with Gasteiger partial charge in [0, 0.05) is 13.0 Å². The Morgan fingerprint density at radius 2 is 1.33 bits per heavy atom. The predicted molar refractivity (Wildman–Crippen MR) is 125 cm³/mol. The lowest BCUT2D eigenvalue weighted by Gasteiger charge is -2.23. The van der Waals surface area contributed by atoms with Crippen molar-refractivity contribution in [2.24, 2.45) is 0 Å². The molecule has 0 saturated carbocycles. The van der Waals surface area contributed by atoms with Gasteiger partial charge in [-0.1, -0.05) is 48.5 Å². The number of rotatable bonds is 8. The van der Waals surface area contributed by atoms with Crippen LogP contribution in [0.25, 0.3) is 0 Å². The van der Waals surface area contributed by atoms with Crippen LogP contribution in [0.1, 0.15) is 11.1 Å². The topological polar surface area (TPSA) is 68.3 Å². The molecule has 0 aromatic heterocycles. The molecule has 33 heavy (non-hydrogen) atoms. The van der Waals surface area contributed by atoms with Gasteiger partial charge >= 0.3 is 6.03 Å². The van der Waals surface area contributed by atoms with Crippen molar-refractivity contribution in [1.29, 1.82) is 0 Å². The molecule has 1 heterocycles. The average Bonchev–Trinajstić information content (AvgIpc) is 3.08. The van der Waals surface area contributed by atoms with E-state index in [1.807, 2.05) is 48.5 Å². The van der Waals surface area contributed by atoms with E-state index in [0.717, 1.165) is 11.1 Å². The van der Waals surface area contributed by atoms with Gasteiger partial charge in [0.25, 0.3) is 5.91 Å². The average molecular weight is 447 g/mol. The maximum atomic E-state index is 13.5. The minimum Gasteiger partial charge on any atom is -0.493 e. The number of para-hydroxylation sites is 1. The Labute approximate surface area is 193 Å². The second-order valence-electron chi connectivity index (χ2n) is 7.66. The first-order chi connectivity index (χ1) is 16.1. The van der Waals surface area contributed by atoms with Crippen LogP contribution >= 0.6 is 0 Å². The van der Waals surface area contributed by atoms with Crippen molar-refractivity contribution in [3.05, 3.63) is 83.9 Å². The molecule has 1 fully saturated rings. The number of nitrogens with zero attached hydrogens (tertiary/aromatic N) is 2. The summed E-state index contributed by atoms with van der Waals surface area (Å²) in [4.78, 5) is 29.8. The summed E-state index contributed by atoms with van der Waals surface area (Å²) in [5.41, 5.74) is 2.30. The van der Waals surface area contributed by atoms with Gasteiger partial charge in [-0.3, -0.25) is 4.79 Å². The number of ether oxygens (including phenoxy) is 3. The summed E-state index contributed by atoms with van der Waals surface area (Å²) in [6.07, 6.45) is 0.416. The lowest BCUT2D eigenvalue weighted by Crippen LogP contribution is -2.36. The Morgan fingerprint density at radius 3 is 1.88 bits per heavy atom. The summed E-state index contributed by atoms with van der Waals surface area (Å²) in [6.45, 7) is 0.210. The van der Waals surface area contributed by atoms with Gasteiger partial charge in [0.2, 0.25) is 5.75 Å². The first-order valence-corrected chi connectivity index (χ1v) is 10.6. The number of methoxy groups -OCH3 is 3. The highest BCUT2D eigenvalue weighted by molar-refractivity contribution is 6.21. The minimum atomic E-state index is -0.640. The number of carbonyl (C=O) groups is 2. The monoisotopic (exact) mass is 446 g/mol. The third kappa shape index (κ3) is 4.35. The molecule has 1 saturated heterocycles. The van der Waals surface area contributed by atoms with Crippen LogP contribution in [0, 0.1) is 0 Å². The van der Waals surface area contributed by atoms with E-state index in [4.69, 9.17) is 14.2 Å². The zero-order valence-electron chi connectivity index (χ0n) is 18.9. The van der Waals surface area contributed by atoms with Crippen molar-refractivity contribution in [2.45, 2.75) is 19.0 Å². The number of urea groups is 1. The van der Waals surface area contributed by atoms with Crippen LogP contribution < -0.4 is 19.1 Å². The van der Waals surface area contributed by atoms with Crippen molar-refractivity contribution < 1.29 is 23.8 Å². The molecule has 0 N–H and O–H groups in total. The number of hydrogen-bond donors (Lipinski definition) is 0. The van der Waals surface area contributed by atoms with E-state index >= 15 is 0 Å². The van der Waals surface area contributed by atoms with Gasteiger partial charge in [-0.25, -0.2) is 9.69 Å². The fourth-order valence-electron chi connectivity index (χ4n) is 4.09. The maximum absolute atomic E-state index is 13.5. The van der Waals surface area contributed by atoms with Gasteiger partial charge in [0.15, 0.2) is 11.5 Å². The molecule has 7 nitrogen and oxygen atoms in total. The van der Waals surface area contributed by atoms with Crippen molar-refractivity contribution in [3.63, 3.8) is 0 Å². The van der Waals surface area contributed by atoms with Crippen molar-refractivity contribution >= 4 is 17.6 Å².